The van der Waals surface area contributed by atoms with E-state index in [1.54, 1.807) is 0 Å². The van der Waals surface area contributed by atoms with Gasteiger partial charge in [-0.2, -0.15) is 0 Å². The van der Waals surface area contributed by atoms with Crippen LogP contribution in [0.25, 0.3) is 0 Å². The zero-order valence-electron chi connectivity index (χ0n) is 11.3. The van der Waals surface area contributed by atoms with Gasteiger partial charge in [0.05, 0.1) is 0 Å². The summed E-state index contributed by atoms with van der Waals surface area (Å²) in [5, 5.41) is 3.45. The molecule has 2 unspecified atom stereocenters. The van der Waals surface area contributed by atoms with Gasteiger partial charge in [0, 0.05) is 13.0 Å². The second-order valence-corrected chi connectivity index (χ2v) is 6.83. The minimum absolute atomic E-state index is 0.0227. The molecule has 1 heterocycles. The first kappa shape index (κ1) is 12.9. The lowest BCUT2D eigenvalue weighted by molar-refractivity contribution is -0.155. The number of nitrogens with one attached hydrogen (secondary N) is 1. The first-order valence-corrected chi connectivity index (χ1v) is 6.81. The first-order valence-electron chi connectivity index (χ1n) is 6.81. The topological polar surface area (TPSA) is 38.3 Å². The van der Waals surface area contributed by atoms with Gasteiger partial charge in [-0.1, -0.05) is 0 Å². The van der Waals surface area contributed by atoms with Crippen LogP contribution in [0.2, 0.25) is 0 Å². The molecule has 2 atom stereocenters. The molecule has 0 aromatic rings. The maximum absolute atomic E-state index is 11.8. The Kier molecular flexibility index (Phi) is 3.48. The second-order valence-electron chi connectivity index (χ2n) is 6.83. The molecule has 1 aliphatic heterocycles. The average molecular weight is 239 g/mol. The molecular formula is C14H25NO2. The average Bonchev–Trinajstić information content (AvgIpc) is 2.75. The summed E-state index contributed by atoms with van der Waals surface area (Å²) in [6.07, 6.45) is 5.59. The van der Waals surface area contributed by atoms with Crippen molar-refractivity contribution in [3.05, 3.63) is 0 Å². The van der Waals surface area contributed by atoms with Gasteiger partial charge in [-0.05, 0) is 64.3 Å². The van der Waals surface area contributed by atoms with Crippen LogP contribution < -0.4 is 5.32 Å². The lowest BCUT2D eigenvalue weighted by atomic mass is 9.84. The first-order chi connectivity index (χ1) is 7.89. The van der Waals surface area contributed by atoms with Gasteiger partial charge in [-0.15, -0.1) is 0 Å². The van der Waals surface area contributed by atoms with Crippen molar-refractivity contribution in [2.24, 2.45) is 11.3 Å². The number of carbonyl (C=O) groups excluding carboxylic acids is 1. The molecule has 17 heavy (non-hydrogen) atoms. The summed E-state index contributed by atoms with van der Waals surface area (Å²) < 4.78 is 5.40. The van der Waals surface area contributed by atoms with E-state index in [1.165, 1.54) is 25.7 Å². The molecule has 0 aromatic carbocycles. The summed E-state index contributed by atoms with van der Waals surface area (Å²) >= 11 is 0. The Balaban J connectivity index is 1.79. The number of carbonyl (C=O) groups is 1. The van der Waals surface area contributed by atoms with Gasteiger partial charge < -0.3 is 10.1 Å². The molecule has 1 spiro atoms. The summed E-state index contributed by atoms with van der Waals surface area (Å²) in [6, 6.07) is 0. The highest BCUT2D eigenvalue weighted by Gasteiger charge is 2.41. The summed E-state index contributed by atoms with van der Waals surface area (Å²) in [7, 11) is 0. The molecule has 3 nitrogen and oxygen atoms in total. The van der Waals surface area contributed by atoms with Gasteiger partial charge in [-0.3, -0.25) is 4.79 Å². The molecule has 0 aromatic heterocycles. The molecule has 0 amide bonds. The van der Waals surface area contributed by atoms with Crippen molar-refractivity contribution in [2.75, 3.05) is 13.1 Å². The third kappa shape index (κ3) is 3.44. The zero-order chi connectivity index (χ0) is 12.5. The van der Waals surface area contributed by atoms with Crippen LogP contribution in [0.4, 0.5) is 0 Å². The molecule has 0 bridgehead atoms. The van der Waals surface area contributed by atoms with Crippen LogP contribution in [0.1, 0.15) is 52.9 Å². The molecule has 2 aliphatic rings. The summed E-state index contributed by atoms with van der Waals surface area (Å²) in [5.41, 5.74) is 0.162. The van der Waals surface area contributed by atoms with Crippen LogP contribution in [-0.4, -0.2) is 24.7 Å². The van der Waals surface area contributed by atoms with Crippen molar-refractivity contribution in [2.45, 2.75) is 58.5 Å². The van der Waals surface area contributed by atoms with E-state index in [0.717, 1.165) is 13.1 Å². The van der Waals surface area contributed by atoms with Crippen molar-refractivity contribution >= 4 is 5.97 Å². The van der Waals surface area contributed by atoms with Gasteiger partial charge in [0.15, 0.2) is 0 Å². The largest absolute Gasteiger partial charge is 0.460 e. The molecule has 1 saturated carbocycles. The van der Waals surface area contributed by atoms with Gasteiger partial charge in [-0.25, -0.2) is 0 Å². The Labute approximate surface area is 104 Å². The lowest BCUT2D eigenvalue weighted by Crippen LogP contribution is -2.25. The predicted molar refractivity (Wildman–Crippen MR) is 67.7 cm³/mol. The van der Waals surface area contributed by atoms with Gasteiger partial charge >= 0.3 is 5.97 Å². The fraction of sp³-hybridized carbons (Fsp3) is 0.929. The Morgan fingerprint density at radius 3 is 2.76 bits per heavy atom. The maximum Gasteiger partial charge on any atom is 0.306 e. The SMILES string of the molecule is CC(C)(C)OC(=O)CC1CCC2(CCNC2)C1. The van der Waals surface area contributed by atoms with E-state index in [4.69, 9.17) is 4.74 Å². The van der Waals surface area contributed by atoms with Crippen LogP contribution in [0.5, 0.6) is 0 Å². The number of esters is 1. The van der Waals surface area contributed by atoms with Crippen LogP contribution in [0, 0.1) is 11.3 Å². The Hall–Kier alpha value is -0.570. The van der Waals surface area contributed by atoms with E-state index in [-0.39, 0.29) is 11.6 Å². The van der Waals surface area contributed by atoms with Crippen LogP contribution in [-0.2, 0) is 9.53 Å². The predicted octanol–water partition coefficient (Wildman–Crippen LogP) is 2.50. The van der Waals surface area contributed by atoms with Crippen LogP contribution in [0.15, 0.2) is 0 Å². The highest BCUT2D eigenvalue weighted by atomic mass is 16.6. The Morgan fingerprint density at radius 1 is 1.41 bits per heavy atom. The number of rotatable bonds is 2. The van der Waals surface area contributed by atoms with Crippen molar-refractivity contribution in [3.63, 3.8) is 0 Å². The molecule has 2 rings (SSSR count). The van der Waals surface area contributed by atoms with Crippen molar-refractivity contribution in [3.8, 4) is 0 Å². The zero-order valence-corrected chi connectivity index (χ0v) is 11.3. The van der Waals surface area contributed by atoms with Crippen LogP contribution in [0.3, 0.4) is 0 Å². The standard InChI is InChI=1S/C14H25NO2/c1-13(2,3)17-12(16)8-11-4-5-14(9-11)6-7-15-10-14/h11,15H,4-10H2,1-3H3. The fourth-order valence-corrected chi connectivity index (χ4v) is 3.30. The fourth-order valence-electron chi connectivity index (χ4n) is 3.30. The summed E-state index contributed by atoms with van der Waals surface area (Å²) in [4.78, 5) is 11.8. The Morgan fingerprint density at radius 2 is 2.18 bits per heavy atom. The molecule has 1 aliphatic carbocycles. The molecule has 1 saturated heterocycles. The molecule has 0 radical (unpaired) electrons. The normalized spacial score (nSPS) is 33.2. The monoisotopic (exact) mass is 239 g/mol. The third-order valence-corrected chi connectivity index (χ3v) is 4.01. The highest BCUT2D eigenvalue weighted by Crippen LogP contribution is 2.47. The van der Waals surface area contributed by atoms with E-state index >= 15 is 0 Å². The van der Waals surface area contributed by atoms with E-state index in [2.05, 4.69) is 5.32 Å². The summed E-state index contributed by atoms with van der Waals surface area (Å²) in [6.45, 7) is 8.10. The number of hydrogen-bond donors (Lipinski definition) is 1. The lowest BCUT2D eigenvalue weighted by Gasteiger charge is -2.23. The van der Waals surface area contributed by atoms with Crippen molar-refractivity contribution < 1.29 is 9.53 Å². The van der Waals surface area contributed by atoms with Gasteiger partial charge in [0.25, 0.3) is 0 Å². The minimum Gasteiger partial charge on any atom is -0.460 e. The second kappa shape index (κ2) is 4.60. The van der Waals surface area contributed by atoms with E-state index in [0.29, 0.717) is 17.8 Å². The van der Waals surface area contributed by atoms with Gasteiger partial charge in [0.2, 0.25) is 0 Å². The van der Waals surface area contributed by atoms with Crippen LogP contribution >= 0.6 is 0 Å². The third-order valence-electron chi connectivity index (χ3n) is 4.01. The molecule has 98 valence electrons. The highest BCUT2D eigenvalue weighted by molar-refractivity contribution is 5.70. The van der Waals surface area contributed by atoms with E-state index < -0.39 is 0 Å². The molecule has 3 heteroatoms. The number of hydrogen-bond acceptors (Lipinski definition) is 3. The van der Waals surface area contributed by atoms with Crippen molar-refractivity contribution in [1.29, 1.82) is 0 Å². The minimum atomic E-state index is -0.345. The summed E-state index contributed by atoms with van der Waals surface area (Å²) in [5.74, 6) is 0.523. The van der Waals surface area contributed by atoms with Gasteiger partial charge in [0.1, 0.15) is 5.60 Å². The van der Waals surface area contributed by atoms with E-state index in [9.17, 15) is 4.79 Å². The maximum atomic E-state index is 11.8. The Bertz CT molecular complexity index is 287. The molecule has 2 fully saturated rings. The molecule has 1 N–H and O–H groups in total. The van der Waals surface area contributed by atoms with E-state index in [1.807, 2.05) is 20.8 Å². The number of ether oxygens (including phenoxy) is 1. The smallest absolute Gasteiger partial charge is 0.306 e. The molecular weight excluding hydrogens is 214 g/mol. The van der Waals surface area contributed by atoms with Crippen molar-refractivity contribution in [1.82, 2.24) is 5.32 Å². The quantitative estimate of drug-likeness (QED) is 0.752.